The summed E-state index contributed by atoms with van der Waals surface area (Å²) in [5.41, 5.74) is 0. The molecule has 5 heteroatoms. The molecule has 13 heavy (non-hydrogen) atoms. The monoisotopic (exact) mass is 184 g/mol. The number of rotatable bonds is 2. The van der Waals surface area contributed by atoms with Gasteiger partial charge in [-0.3, -0.25) is 4.79 Å². The summed E-state index contributed by atoms with van der Waals surface area (Å²) < 4.78 is 10.3. The van der Waals surface area contributed by atoms with Crippen molar-refractivity contribution in [3.05, 3.63) is 0 Å². The third kappa shape index (κ3) is 2.68. The largest absolute Gasteiger partial charge is 0.376 e. The quantitative estimate of drug-likeness (QED) is 0.537. The molecule has 5 nitrogen and oxygen atoms in total. The van der Waals surface area contributed by atoms with E-state index in [0.717, 1.165) is 0 Å². The van der Waals surface area contributed by atoms with Crippen LogP contribution in [-0.4, -0.2) is 50.3 Å². The number of likely N-dealkylation sites (N-methyl/N-ethyl adjacent to an activating group) is 1. The van der Waals surface area contributed by atoms with Crippen molar-refractivity contribution in [3.8, 4) is 6.07 Å². The summed E-state index contributed by atoms with van der Waals surface area (Å²) in [5, 5.41) is 8.37. The van der Waals surface area contributed by atoms with Gasteiger partial charge in [-0.25, -0.2) is 0 Å². The molecule has 0 N–H and O–H groups in total. The van der Waals surface area contributed by atoms with Gasteiger partial charge in [0.15, 0.2) is 6.10 Å². The molecule has 1 amide bonds. The van der Waals surface area contributed by atoms with Crippen LogP contribution in [0.2, 0.25) is 0 Å². The summed E-state index contributed by atoms with van der Waals surface area (Å²) in [7, 11) is 1.57. The van der Waals surface area contributed by atoms with Crippen LogP contribution in [0.25, 0.3) is 0 Å². The van der Waals surface area contributed by atoms with Gasteiger partial charge in [0.1, 0.15) is 6.54 Å². The van der Waals surface area contributed by atoms with E-state index in [1.807, 2.05) is 6.07 Å². The maximum absolute atomic E-state index is 11.5. The Labute approximate surface area is 76.8 Å². The fraction of sp³-hybridized carbons (Fsp3) is 0.750. The van der Waals surface area contributed by atoms with Crippen molar-refractivity contribution >= 4 is 5.91 Å². The van der Waals surface area contributed by atoms with Crippen LogP contribution in [0.15, 0.2) is 0 Å². The number of hydrogen-bond acceptors (Lipinski definition) is 4. The van der Waals surface area contributed by atoms with E-state index < -0.39 is 6.10 Å². The lowest BCUT2D eigenvalue weighted by molar-refractivity contribution is -0.156. The molecule has 1 aliphatic heterocycles. The minimum absolute atomic E-state index is 0.0820. The molecule has 0 radical (unpaired) electrons. The number of amides is 1. The normalized spacial score (nSPS) is 22.0. The number of carbonyl (C=O) groups is 1. The summed E-state index contributed by atoms with van der Waals surface area (Å²) in [4.78, 5) is 12.8. The maximum Gasteiger partial charge on any atom is 0.254 e. The molecule has 1 unspecified atom stereocenters. The number of nitriles is 1. The molecule has 0 aromatic heterocycles. The van der Waals surface area contributed by atoms with Crippen LogP contribution < -0.4 is 0 Å². The van der Waals surface area contributed by atoms with Crippen LogP contribution in [-0.2, 0) is 14.3 Å². The second-order valence-electron chi connectivity index (χ2n) is 2.79. The molecule has 0 spiro atoms. The average Bonchev–Trinajstić information content (AvgIpc) is 2.18. The van der Waals surface area contributed by atoms with Crippen LogP contribution >= 0.6 is 0 Å². The zero-order valence-electron chi connectivity index (χ0n) is 7.52. The lowest BCUT2D eigenvalue weighted by Gasteiger charge is -2.25. The van der Waals surface area contributed by atoms with Crippen LogP contribution in [0.5, 0.6) is 0 Å². The molecule has 0 aromatic carbocycles. The zero-order valence-corrected chi connectivity index (χ0v) is 7.52. The van der Waals surface area contributed by atoms with E-state index in [0.29, 0.717) is 13.2 Å². The van der Waals surface area contributed by atoms with Gasteiger partial charge in [0.05, 0.1) is 25.9 Å². The first-order valence-electron chi connectivity index (χ1n) is 4.07. The lowest BCUT2D eigenvalue weighted by Crippen LogP contribution is -2.43. The van der Waals surface area contributed by atoms with E-state index >= 15 is 0 Å². The van der Waals surface area contributed by atoms with Gasteiger partial charge in [-0.15, -0.1) is 0 Å². The third-order valence-electron chi connectivity index (χ3n) is 1.78. The molecule has 1 fully saturated rings. The molecule has 1 atom stereocenters. The summed E-state index contributed by atoms with van der Waals surface area (Å²) in [6, 6.07) is 1.90. The first kappa shape index (κ1) is 9.96. The highest BCUT2D eigenvalue weighted by Gasteiger charge is 2.25. The SMILES string of the molecule is CN(CC#N)C(=O)C1COCCO1. The molecule has 0 aromatic rings. The highest BCUT2D eigenvalue weighted by atomic mass is 16.6. The van der Waals surface area contributed by atoms with Crippen LogP contribution in [0.3, 0.4) is 0 Å². The van der Waals surface area contributed by atoms with Crippen molar-refractivity contribution in [2.75, 3.05) is 33.4 Å². The molecule has 0 aliphatic carbocycles. The highest BCUT2D eigenvalue weighted by molar-refractivity contribution is 5.81. The predicted molar refractivity (Wildman–Crippen MR) is 43.8 cm³/mol. The standard InChI is InChI=1S/C8H12N2O3/c1-10(3-2-9)8(11)7-6-12-4-5-13-7/h7H,3-6H2,1H3. The molecule has 1 heterocycles. The number of nitrogens with zero attached hydrogens (tertiary/aromatic N) is 2. The van der Waals surface area contributed by atoms with Crippen LogP contribution in [0.1, 0.15) is 0 Å². The smallest absolute Gasteiger partial charge is 0.254 e. The molecule has 72 valence electrons. The fourth-order valence-corrected chi connectivity index (χ4v) is 1.06. The Hall–Kier alpha value is -1.12. The molecule has 0 bridgehead atoms. The van der Waals surface area contributed by atoms with Crippen molar-refractivity contribution in [1.82, 2.24) is 4.90 Å². The first-order valence-corrected chi connectivity index (χ1v) is 4.07. The summed E-state index contributed by atoms with van der Waals surface area (Å²) in [5.74, 6) is -0.193. The second-order valence-corrected chi connectivity index (χ2v) is 2.79. The van der Waals surface area contributed by atoms with Crippen LogP contribution in [0.4, 0.5) is 0 Å². The summed E-state index contributed by atoms with van der Waals surface area (Å²) >= 11 is 0. The summed E-state index contributed by atoms with van der Waals surface area (Å²) in [6.07, 6.45) is -0.535. The van der Waals surface area contributed by atoms with Gasteiger partial charge in [-0.2, -0.15) is 5.26 Å². The third-order valence-corrected chi connectivity index (χ3v) is 1.78. The Morgan fingerprint density at radius 3 is 3.00 bits per heavy atom. The molecule has 0 saturated carbocycles. The minimum atomic E-state index is -0.535. The first-order chi connectivity index (χ1) is 6.25. The minimum Gasteiger partial charge on any atom is -0.376 e. The van der Waals surface area contributed by atoms with Gasteiger partial charge in [-0.05, 0) is 0 Å². The van der Waals surface area contributed by atoms with E-state index in [9.17, 15) is 4.79 Å². The molecular formula is C8H12N2O3. The molecule has 1 rings (SSSR count). The zero-order chi connectivity index (χ0) is 9.68. The predicted octanol–water partition coefficient (Wildman–Crippen LogP) is -0.616. The number of hydrogen-bond donors (Lipinski definition) is 0. The Morgan fingerprint density at radius 2 is 2.46 bits per heavy atom. The summed E-state index contributed by atoms with van der Waals surface area (Å²) in [6.45, 7) is 1.34. The lowest BCUT2D eigenvalue weighted by atomic mass is 10.3. The van der Waals surface area contributed by atoms with Gasteiger partial charge in [0.25, 0.3) is 5.91 Å². The van der Waals surface area contributed by atoms with Gasteiger partial charge < -0.3 is 14.4 Å². The topological polar surface area (TPSA) is 62.6 Å². The Kier molecular flexibility index (Phi) is 3.68. The van der Waals surface area contributed by atoms with Crippen molar-refractivity contribution in [2.45, 2.75) is 6.10 Å². The van der Waals surface area contributed by atoms with Gasteiger partial charge in [0.2, 0.25) is 0 Å². The maximum atomic E-state index is 11.5. The van der Waals surface area contributed by atoms with E-state index in [4.69, 9.17) is 14.7 Å². The Morgan fingerprint density at radius 1 is 1.69 bits per heavy atom. The van der Waals surface area contributed by atoms with E-state index in [1.165, 1.54) is 4.90 Å². The van der Waals surface area contributed by atoms with Gasteiger partial charge in [-0.1, -0.05) is 0 Å². The van der Waals surface area contributed by atoms with Gasteiger partial charge >= 0.3 is 0 Å². The van der Waals surface area contributed by atoms with Crippen molar-refractivity contribution in [3.63, 3.8) is 0 Å². The Balaban J connectivity index is 2.41. The second kappa shape index (κ2) is 4.80. The molecule has 1 aliphatic rings. The fourth-order valence-electron chi connectivity index (χ4n) is 1.06. The van der Waals surface area contributed by atoms with Crippen molar-refractivity contribution in [2.24, 2.45) is 0 Å². The Bertz CT molecular complexity index is 218. The van der Waals surface area contributed by atoms with E-state index in [-0.39, 0.29) is 19.1 Å². The van der Waals surface area contributed by atoms with E-state index in [1.54, 1.807) is 7.05 Å². The number of carbonyl (C=O) groups excluding carboxylic acids is 1. The molecule has 1 saturated heterocycles. The van der Waals surface area contributed by atoms with Crippen molar-refractivity contribution in [1.29, 1.82) is 5.26 Å². The number of ether oxygens (including phenoxy) is 2. The highest BCUT2D eigenvalue weighted by Crippen LogP contribution is 2.03. The van der Waals surface area contributed by atoms with Gasteiger partial charge in [0, 0.05) is 7.05 Å². The molecular weight excluding hydrogens is 172 g/mol. The van der Waals surface area contributed by atoms with Crippen molar-refractivity contribution < 1.29 is 14.3 Å². The average molecular weight is 184 g/mol. The van der Waals surface area contributed by atoms with E-state index in [2.05, 4.69) is 0 Å². The van der Waals surface area contributed by atoms with Crippen LogP contribution in [0, 0.1) is 11.3 Å².